The van der Waals surface area contributed by atoms with Crippen LogP contribution < -0.4 is 21.3 Å². The van der Waals surface area contributed by atoms with E-state index in [-0.39, 0.29) is 23.7 Å². The summed E-state index contributed by atoms with van der Waals surface area (Å²) in [7, 11) is 0. The first-order valence-electron chi connectivity index (χ1n) is 16.9. The van der Waals surface area contributed by atoms with Gasteiger partial charge in [0.1, 0.15) is 6.04 Å². The first kappa shape index (κ1) is 33.7. The Kier molecular flexibility index (Phi) is 11.2. The van der Waals surface area contributed by atoms with Crippen LogP contribution in [0.4, 0.5) is 10.5 Å². The Morgan fingerprint density at radius 2 is 1.61 bits per heavy atom. The fourth-order valence-electron chi connectivity index (χ4n) is 6.68. The van der Waals surface area contributed by atoms with Gasteiger partial charge in [-0.1, -0.05) is 48.5 Å². The average molecular weight is 666 g/mol. The summed E-state index contributed by atoms with van der Waals surface area (Å²) in [5.74, 6) is -0.0529. The van der Waals surface area contributed by atoms with Gasteiger partial charge in [-0.25, -0.2) is 4.79 Å². The van der Waals surface area contributed by atoms with Crippen molar-refractivity contribution in [2.45, 2.75) is 44.7 Å². The molecular weight excluding hydrogens is 622 g/mol. The van der Waals surface area contributed by atoms with Crippen molar-refractivity contribution >= 4 is 23.6 Å². The molecule has 6 N–H and O–H groups in total. The molecule has 49 heavy (non-hydrogen) atoms. The third-order valence-corrected chi connectivity index (χ3v) is 9.47. The van der Waals surface area contributed by atoms with Crippen molar-refractivity contribution in [3.8, 4) is 22.5 Å². The molecule has 3 amide bonds. The molecule has 256 valence electrons. The van der Waals surface area contributed by atoms with Crippen molar-refractivity contribution in [2.24, 2.45) is 11.8 Å². The second-order valence-corrected chi connectivity index (χ2v) is 12.9. The second kappa shape index (κ2) is 16.3. The van der Waals surface area contributed by atoms with Gasteiger partial charge in [0.15, 0.2) is 0 Å². The Hall–Kier alpha value is -5.14. The highest BCUT2D eigenvalue weighted by Crippen LogP contribution is 2.29. The zero-order chi connectivity index (χ0) is 34.0. The molecule has 2 heterocycles. The van der Waals surface area contributed by atoms with E-state index in [1.54, 1.807) is 24.3 Å². The number of carbonyl (C=O) groups is 3. The highest BCUT2D eigenvalue weighted by atomic mass is 16.4. The number of rotatable bonds is 12. The molecule has 13 heteroatoms. The summed E-state index contributed by atoms with van der Waals surface area (Å²) in [6.45, 7) is 5.32. The number of aromatic amines is 1. The number of nitrogens with zero attached hydrogens (tertiary/aromatic N) is 4. The zero-order valence-electron chi connectivity index (χ0n) is 27.4. The lowest BCUT2D eigenvalue weighted by Gasteiger charge is -2.29. The molecule has 1 atom stereocenters. The molecule has 1 saturated heterocycles. The van der Waals surface area contributed by atoms with E-state index in [0.717, 1.165) is 62.3 Å². The molecule has 0 bridgehead atoms. The van der Waals surface area contributed by atoms with Gasteiger partial charge in [0.25, 0.3) is 0 Å². The number of benzene rings is 3. The third-order valence-electron chi connectivity index (χ3n) is 9.47. The first-order chi connectivity index (χ1) is 23.9. The van der Waals surface area contributed by atoms with Crippen LogP contribution in [0, 0.1) is 11.8 Å². The van der Waals surface area contributed by atoms with Crippen LogP contribution in [-0.4, -0.2) is 87.3 Å². The molecule has 3 aromatic carbocycles. The van der Waals surface area contributed by atoms with Crippen LogP contribution in [0.25, 0.3) is 22.5 Å². The largest absolute Gasteiger partial charge is 0.465 e. The normalized spacial score (nSPS) is 18.7. The van der Waals surface area contributed by atoms with Crippen LogP contribution in [0.3, 0.4) is 0 Å². The molecule has 4 aromatic rings. The molecule has 1 aliphatic heterocycles. The van der Waals surface area contributed by atoms with Crippen LogP contribution in [0.2, 0.25) is 0 Å². The van der Waals surface area contributed by atoms with Crippen molar-refractivity contribution in [3.63, 3.8) is 0 Å². The van der Waals surface area contributed by atoms with Gasteiger partial charge >= 0.3 is 6.09 Å². The van der Waals surface area contributed by atoms with Crippen LogP contribution in [0.1, 0.15) is 36.8 Å². The van der Waals surface area contributed by atoms with Gasteiger partial charge in [0, 0.05) is 62.9 Å². The third kappa shape index (κ3) is 9.27. The summed E-state index contributed by atoms with van der Waals surface area (Å²) in [6.07, 6.45) is 2.07. The predicted octanol–water partition coefficient (Wildman–Crippen LogP) is 3.68. The monoisotopic (exact) mass is 665 g/mol. The van der Waals surface area contributed by atoms with Gasteiger partial charge in [0.2, 0.25) is 17.6 Å². The minimum absolute atomic E-state index is 0.157. The molecule has 13 nitrogen and oxygen atoms in total. The van der Waals surface area contributed by atoms with Gasteiger partial charge in [-0.15, -0.1) is 10.2 Å². The Bertz CT molecular complexity index is 1680. The Balaban J connectivity index is 1.14. The minimum atomic E-state index is -1.04. The number of H-pyrrole nitrogens is 1. The number of carbonyl (C=O) groups excluding carboxylic acids is 2. The summed E-state index contributed by atoms with van der Waals surface area (Å²) >= 11 is 0. The number of nitrogens with one attached hydrogen (secondary N) is 5. The number of hydrogen-bond acceptors (Lipinski definition) is 8. The number of anilines is 1. The average Bonchev–Trinajstić information content (AvgIpc) is 3.67. The topological polar surface area (TPSA) is 177 Å². The van der Waals surface area contributed by atoms with Crippen molar-refractivity contribution in [3.05, 3.63) is 83.9 Å². The standard InChI is InChI=1S/C36H43N9O4/c46-34(28-11-7-25(8-12-28)22-38-36(48)49)40-32(35(47)39-30-15-13-27(14-16-30)33-41-43-44-42-33)21-24-5-9-26(10-6-24)31-4-2-1-3-29(31)23-45-19-17-37-18-20-45/h1-6,9-10,13-16,25,28,32,37-38H,7-8,11-12,17-23H2,(H,39,47)(H,40,46)(H,48,49)(H,41,42,43,44)/t25?,28?,32-/m0/s1. The van der Waals surface area contributed by atoms with Crippen LogP contribution in [0.15, 0.2) is 72.8 Å². The Morgan fingerprint density at radius 3 is 2.31 bits per heavy atom. The Morgan fingerprint density at radius 1 is 0.898 bits per heavy atom. The fraction of sp³-hybridized carbons (Fsp3) is 0.389. The fourth-order valence-corrected chi connectivity index (χ4v) is 6.68. The summed E-state index contributed by atoms with van der Waals surface area (Å²) in [6, 6.07) is 23.0. The molecule has 6 rings (SSSR count). The van der Waals surface area contributed by atoms with E-state index in [1.807, 2.05) is 12.1 Å². The summed E-state index contributed by atoms with van der Waals surface area (Å²) in [4.78, 5) is 40.6. The molecule has 0 spiro atoms. The highest BCUT2D eigenvalue weighted by Gasteiger charge is 2.30. The number of tetrazole rings is 1. The SMILES string of the molecule is O=C(O)NCC1CCC(C(=O)N[C@@H](Cc2ccc(-c3ccccc3CN3CCNCC3)cc2)C(=O)Nc2ccc(-c3nn[nH]n3)cc2)CC1. The summed E-state index contributed by atoms with van der Waals surface area (Å²) < 4.78 is 0. The molecule has 0 radical (unpaired) electrons. The van der Waals surface area contributed by atoms with E-state index in [0.29, 0.717) is 37.3 Å². The smallest absolute Gasteiger partial charge is 0.404 e. The van der Waals surface area contributed by atoms with Gasteiger partial charge in [-0.2, -0.15) is 5.21 Å². The lowest BCUT2D eigenvalue weighted by Crippen LogP contribution is -2.48. The lowest BCUT2D eigenvalue weighted by molar-refractivity contribution is -0.130. The van der Waals surface area contributed by atoms with Crippen molar-refractivity contribution < 1.29 is 19.5 Å². The quantitative estimate of drug-likeness (QED) is 0.132. The van der Waals surface area contributed by atoms with Crippen molar-refractivity contribution in [1.29, 1.82) is 0 Å². The van der Waals surface area contributed by atoms with E-state index in [9.17, 15) is 14.4 Å². The highest BCUT2D eigenvalue weighted by molar-refractivity contribution is 5.97. The van der Waals surface area contributed by atoms with E-state index >= 15 is 0 Å². The molecular formula is C36H43N9O4. The van der Waals surface area contributed by atoms with E-state index < -0.39 is 12.1 Å². The lowest BCUT2D eigenvalue weighted by atomic mass is 9.81. The van der Waals surface area contributed by atoms with Crippen LogP contribution in [0.5, 0.6) is 0 Å². The number of hydrogen-bond donors (Lipinski definition) is 6. The number of piperazine rings is 1. The van der Waals surface area contributed by atoms with E-state index in [1.165, 1.54) is 11.1 Å². The molecule has 2 aliphatic rings. The first-order valence-corrected chi connectivity index (χ1v) is 16.9. The molecule has 1 aromatic heterocycles. The van der Waals surface area contributed by atoms with Gasteiger partial charge in [-0.05, 0) is 83.3 Å². The number of amides is 3. The zero-order valence-corrected chi connectivity index (χ0v) is 27.4. The summed E-state index contributed by atoms with van der Waals surface area (Å²) in [5.41, 5.74) is 5.84. The van der Waals surface area contributed by atoms with Gasteiger partial charge in [0.05, 0.1) is 0 Å². The predicted molar refractivity (Wildman–Crippen MR) is 185 cm³/mol. The number of aromatic nitrogens is 4. The summed E-state index contributed by atoms with van der Waals surface area (Å²) in [5, 5.41) is 34.8. The molecule has 1 saturated carbocycles. The van der Waals surface area contributed by atoms with Crippen LogP contribution in [-0.2, 0) is 22.6 Å². The van der Waals surface area contributed by atoms with Crippen molar-refractivity contribution in [1.82, 2.24) is 41.5 Å². The van der Waals surface area contributed by atoms with Gasteiger partial charge in [-0.3, -0.25) is 14.5 Å². The van der Waals surface area contributed by atoms with Crippen LogP contribution >= 0.6 is 0 Å². The van der Waals surface area contributed by atoms with E-state index in [2.05, 4.69) is 83.2 Å². The molecule has 1 aliphatic carbocycles. The maximum atomic E-state index is 13.7. The molecule has 2 fully saturated rings. The maximum absolute atomic E-state index is 13.7. The Labute approximate surface area is 285 Å². The number of carboxylic acid groups (broad SMARTS) is 1. The molecule has 0 unspecified atom stereocenters. The maximum Gasteiger partial charge on any atom is 0.404 e. The minimum Gasteiger partial charge on any atom is -0.465 e. The second-order valence-electron chi connectivity index (χ2n) is 12.9. The van der Waals surface area contributed by atoms with Crippen molar-refractivity contribution in [2.75, 3.05) is 38.0 Å². The van der Waals surface area contributed by atoms with E-state index in [4.69, 9.17) is 5.11 Å². The van der Waals surface area contributed by atoms with Gasteiger partial charge < -0.3 is 26.4 Å².